The predicted octanol–water partition coefficient (Wildman–Crippen LogP) is 3.31. The van der Waals surface area contributed by atoms with Crippen LogP contribution in [0.2, 0.25) is 0 Å². The van der Waals surface area contributed by atoms with Crippen LogP contribution in [0.1, 0.15) is 12.8 Å². The number of morpholine rings is 1. The number of ether oxygens (including phenoxy) is 1. The third kappa shape index (κ3) is 6.10. The Kier molecular flexibility index (Phi) is 8.51. The molecule has 2 nitrogen and oxygen atoms in total. The van der Waals surface area contributed by atoms with Gasteiger partial charge in [0.2, 0.25) is 0 Å². The molecule has 1 aromatic rings. The van der Waals surface area contributed by atoms with Crippen molar-refractivity contribution < 1.29 is 4.74 Å². The molecular weight excluding hydrogens is 266 g/mol. The van der Waals surface area contributed by atoms with Crippen molar-refractivity contribution in [1.82, 2.24) is 4.90 Å². The van der Waals surface area contributed by atoms with E-state index >= 15 is 0 Å². The molecule has 1 aliphatic heterocycles. The van der Waals surface area contributed by atoms with Gasteiger partial charge in [0.05, 0.1) is 13.2 Å². The molecule has 0 saturated carbocycles. The quantitative estimate of drug-likeness (QED) is 0.588. The zero-order chi connectivity index (χ0) is 11.8. The van der Waals surface area contributed by atoms with Gasteiger partial charge in [-0.05, 0) is 37.3 Å². The monoisotopic (exact) mass is 287 g/mol. The lowest BCUT2D eigenvalue weighted by atomic mass is 10.3. The molecule has 0 N–H and O–H groups in total. The van der Waals surface area contributed by atoms with Crippen LogP contribution in [-0.2, 0) is 4.74 Å². The van der Waals surface area contributed by atoms with E-state index in [-0.39, 0.29) is 12.4 Å². The minimum Gasteiger partial charge on any atom is -0.379 e. The van der Waals surface area contributed by atoms with Gasteiger partial charge in [-0.2, -0.15) is 0 Å². The Balaban J connectivity index is 0.00000162. The Morgan fingerprint density at radius 3 is 2.50 bits per heavy atom. The van der Waals surface area contributed by atoms with Gasteiger partial charge in [-0.3, -0.25) is 4.90 Å². The van der Waals surface area contributed by atoms with Crippen molar-refractivity contribution >= 4 is 24.2 Å². The molecule has 1 fully saturated rings. The van der Waals surface area contributed by atoms with Crippen LogP contribution in [0.4, 0.5) is 0 Å². The van der Waals surface area contributed by atoms with E-state index in [1.807, 2.05) is 11.8 Å². The Bertz CT molecular complexity index is 304. The molecule has 0 aromatic heterocycles. The number of rotatable bonds is 6. The fourth-order valence-corrected chi connectivity index (χ4v) is 2.90. The number of benzene rings is 1. The van der Waals surface area contributed by atoms with Gasteiger partial charge in [0.15, 0.2) is 0 Å². The van der Waals surface area contributed by atoms with Crippen LogP contribution in [0, 0.1) is 0 Å². The standard InChI is InChI=1S/C14H21NOS.ClH/c1-2-6-14(7-3-1)17-13-5-4-8-15-9-11-16-12-10-15;/h1-3,6-7H,4-5,8-13H2;1H. The first-order valence-electron chi connectivity index (χ1n) is 6.43. The maximum atomic E-state index is 5.34. The summed E-state index contributed by atoms with van der Waals surface area (Å²) in [6.07, 6.45) is 2.61. The van der Waals surface area contributed by atoms with Crippen LogP contribution in [0.5, 0.6) is 0 Å². The summed E-state index contributed by atoms with van der Waals surface area (Å²) in [6.45, 7) is 5.30. The van der Waals surface area contributed by atoms with E-state index in [9.17, 15) is 0 Å². The summed E-state index contributed by atoms with van der Waals surface area (Å²) in [6, 6.07) is 10.7. The lowest BCUT2D eigenvalue weighted by Gasteiger charge is -2.26. The summed E-state index contributed by atoms with van der Waals surface area (Å²) in [5.74, 6) is 1.23. The van der Waals surface area contributed by atoms with Gasteiger partial charge in [-0.15, -0.1) is 24.2 Å². The SMILES string of the molecule is Cl.c1ccc(SCCCCN2CCOCC2)cc1. The van der Waals surface area contributed by atoms with E-state index in [0.29, 0.717) is 0 Å². The van der Waals surface area contributed by atoms with Gasteiger partial charge in [0.25, 0.3) is 0 Å². The minimum absolute atomic E-state index is 0. The highest BCUT2D eigenvalue weighted by molar-refractivity contribution is 7.99. The number of thioether (sulfide) groups is 1. The van der Waals surface area contributed by atoms with Crippen molar-refractivity contribution in [3.05, 3.63) is 30.3 Å². The molecule has 102 valence electrons. The van der Waals surface area contributed by atoms with Crippen LogP contribution >= 0.6 is 24.2 Å². The Morgan fingerprint density at radius 2 is 1.78 bits per heavy atom. The van der Waals surface area contributed by atoms with Crippen LogP contribution in [0.25, 0.3) is 0 Å². The Morgan fingerprint density at radius 1 is 1.06 bits per heavy atom. The highest BCUT2D eigenvalue weighted by Crippen LogP contribution is 2.18. The highest BCUT2D eigenvalue weighted by atomic mass is 35.5. The highest BCUT2D eigenvalue weighted by Gasteiger charge is 2.08. The topological polar surface area (TPSA) is 12.5 Å². The smallest absolute Gasteiger partial charge is 0.0594 e. The zero-order valence-electron chi connectivity index (χ0n) is 10.7. The number of hydrogen-bond donors (Lipinski definition) is 0. The lowest BCUT2D eigenvalue weighted by Crippen LogP contribution is -2.36. The molecule has 4 heteroatoms. The van der Waals surface area contributed by atoms with Crippen molar-refractivity contribution in [2.45, 2.75) is 17.7 Å². The van der Waals surface area contributed by atoms with Gasteiger partial charge < -0.3 is 4.74 Å². The molecule has 18 heavy (non-hydrogen) atoms. The zero-order valence-corrected chi connectivity index (χ0v) is 12.3. The number of nitrogens with zero attached hydrogens (tertiary/aromatic N) is 1. The van der Waals surface area contributed by atoms with Crippen molar-refractivity contribution in [2.75, 3.05) is 38.6 Å². The van der Waals surface area contributed by atoms with Crippen LogP contribution in [0.3, 0.4) is 0 Å². The number of halogens is 1. The molecule has 0 atom stereocenters. The predicted molar refractivity (Wildman–Crippen MR) is 80.9 cm³/mol. The first-order chi connectivity index (χ1) is 8.45. The second-order valence-corrected chi connectivity index (χ2v) is 5.49. The Hall–Kier alpha value is -0.220. The molecule has 0 aliphatic carbocycles. The summed E-state index contributed by atoms with van der Waals surface area (Å²) in [5.41, 5.74) is 0. The molecule has 0 radical (unpaired) electrons. The summed E-state index contributed by atoms with van der Waals surface area (Å²) in [5, 5.41) is 0. The molecule has 1 heterocycles. The average molecular weight is 288 g/mol. The molecule has 1 aromatic carbocycles. The third-order valence-corrected chi connectivity index (χ3v) is 4.08. The van der Waals surface area contributed by atoms with Crippen LogP contribution in [0.15, 0.2) is 35.2 Å². The fourth-order valence-electron chi connectivity index (χ4n) is 1.97. The van der Waals surface area contributed by atoms with Crippen molar-refractivity contribution in [3.8, 4) is 0 Å². The molecule has 0 amide bonds. The molecule has 1 aliphatic rings. The summed E-state index contributed by atoms with van der Waals surface area (Å²) in [7, 11) is 0. The van der Waals surface area contributed by atoms with E-state index < -0.39 is 0 Å². The van der Waals surface area contributed by atoms with Crippen molar-refractivity contribution in [1.29, 1.82) is 0 Å². The minimum atomic E-state index is 0. The molecule has 0 bridgehead atoms. The molecule has 0 unspecified atom stereocenters. The first kappa shape index (κ1) is 15.8. The fraction of sp³-hybridized carbons (Fsp3) is 0.571. The maximum Gasteiger partial charge on any atom is 0.0594 e. The number of hydrogen-bond acceptors (Lipinski definition) is 3. The van der Waals surface area contributed by atoms with Gasteiger partial charge in [-0.25, -0.2) is 0 Å². The van der Waals surface area contributed by atoms with Crippen molar-refractivity contribution in [2.24, 2.45) is 0 Å². The molecule has 2 rings (SSSR count). The second-order valence-electron chi connectivity index (χ2n) is 4.32. The van der Waals surface area contributed by atoms with E-state index in [0.717, 1.165) is 26.3 Å². The maximum absolute atomic E-state index is 5.34. The van der Waals surface area contributed by atoms with Crippen molar-refractivity contribution in [3.63, 3.8) is 0 Å². The largest absolute Gasteiger partial charge is 0.379 e. The average Bonchev–Trinajstić information content (AvgIpc) is 2.41. The molecule has 1 saturated heterocycles. The summed E-state index contributed by atoms with van der Waals surface area (Å²) in [4.78, 5) is 3.90. The second kappa shape index (κ2) is 9.68. The number of unbranched alkanes of at least 4 members (excludes halogenated alkanes) is 1. The third-order valence-electron chi connectivity index (χ3n) is 2.98. The Labute approximate surface area is 120 Å². The normalized spacial score (nSPS) is 16.2. The molecule has 0 spiro atoms. The lowest BCUT2D eigenvalue weighted by molar-refractivity contribution is 0.0374. The molecular formula is C14H22ClNOS. The van der Waals surface area contributed by atoms with Gasteiger partial charge in [0.1, 0.15) is 0 Å². The summed E-state index contributed by atoms with van der Waals surface area (Å²) < 4.78 is 5.34. The van der Waals surface area contributed by atoms with Gasteiger partial charge in [0, 0.05) is 18.0 Å². The van der Waals surface area contributed by atoms with E-state index in [1.54, 1.807) is 0 Å². The van der Waals surface area contributed by atoms with E-state index in [1.165, 1.54) is 30.0 Å². The van der Waals surface area contributed by atoms with Gasteiger partial charge in [-0.1, -0.05) is 18.2 Å². The van der Waals surface area contributed by atoms with E-state index in [4.69, 9.17) is 4.74 Å². The van der Waals surface area contributed by atoms with Crippen LogP contribution in [-0.4, -0.2) is 43.5 Å². The van der Waals surface area contributed by atoms with E-state index in [2.05, 4.69) is 35.2 Å². The summed E-state index contributed by atoms with van der Waals surface area (Å²) >= 11 is 1.96. The first-order valence-corrected chi connectivity index (χ1v) is 7.42. The van der Waals surface area contributed by atoms with Crippen LogP contribution < -0.4 is 0 Å². The van der Waals surface area contributed by atoms with Gasteiger partial charge >= 0.3 is 0 Å².